The first-order chi connectivity index (χ1) is 18.5. The molecule has 1 aliphatic carbocycles. The molecule has 1 saturated carbocycles. The summed E-state index contributed by atoms with van der Waals surface area (Å²) in [4.78, 5) is 31.0. The number of nitrogens with zero attached hydrogens (tertiary/aromatic N) is 4. The Labute approximate surface area is 223 Å². The van der Waals surface area contributed by atoms with Crippen LogP contribution in [0.25, 0.3) is 0 Å². The lowest BCUT2D eigenvalue weighted by atomic mass is 9.84. The average molecular weight is 523 g/mol. The van der Waals surface area contributed by atoms with Gasteiger partial charge in [0, 0.05) is 49.6 Å². The van der Waals surface area contributed by atoms with Crippen LogP contribution in [0.5, 0.6) is 5.75 Å². The molecule has 38 heavy (non-hydrogen) atoms. The van der Waals surface area contributed by atoms with Gasteiger partial charge in [-0.3, -0.25) is 14.5 Å². The van der Waals surface area contributed by atoms with Crippen LogP contribution < -0.4 is 4.74 Å². The second-order valence-corrected chi connectivity index (χ2v) is 10.1. The quantitative estimate of drug-likeness (QED) is 0.504. The van der Waals surface area contributed by atoms with Crippen molar-refractivity contribution in [3.8, 4) is 5.75 Å². The summed E-state index contributed by atoms with van der Waals surface area (Å²) >= 11 is 0. The van der Waals surface area contributed by atoms with E-state index in [0.717, 1.165) is 37.9 Å². The second-order valence-electron chi connectivity index (χ2n) is 10.1. The minimum Gasteiger partial charge on any atom is -0.497 e. The Hall–Kier alpha value is -3.30. The van der Waals surface area contributed by atoms with Crippen molar-refractivity contribution in [2.75, 3.05) is 53.0 Å². The number of halogens is 1. The van der Waals surface area contributed by atoms with Crippen molar-refractivity contribution >= 4 is 17.5 Å². The average Bonchev–Trinajstić information content (AvgIpc) is 3.36. The van der Waals surface area contributed by atoms with Gasteiger partial charge >= 0.3 is 0 Å². The summed E-state index contributed by atoms with van der Waals surface area (Å²) in [5.74, 6) is -0.0171. The van der Waals surface area contributed by atoms with Crippen molar-refractivity contribution in [2.24, 2.45) is 11.0 Å². The van der Waals surface area contributed by atoms with Crippen LogP contribution in [0, 0.1) is 11.7 Å². The zero-order chi connectivity index (χ0) is 26.5. The number of carbonyl (C=O) groups is 2. The molecule has 5 rings (SSSR count). The van der Waals surface area contributed by atoms with Gasteiger partial charge in [-0.05, 0) is 31.0 Å². The van der Waals surface area contributed by atoms with Crippen LogP contribution in [0.4, 0.5) is 4.39 Å². The predicted molar refractivity (Wildman–Crippen MR) is 141 cm³/mol. The molecular weight excluding hydrogens is 487 g/mol. The fourth-order valence-corrected chi connectivity index (χ4v) is 5.21. The Morgan fingerprint density at radius 2 is 1.92 bits per heavy atom. The molecule has 0 bridgehead atoms. The largest absolute Gasteiger partial charge is 0.497 e. The Bertz CT molecular complexity index is 1180. The van der Waals surface area contributed by atoms with Crippen LogP contribution >= 0.6 is 0 Å². The third kappa shape index (κ3) is 5.89. The minimum atomic E-state index is -0.593. The number of amides is 2. The molecule has 0 radical (unpaired) electrons. The predicted octanol–water partition coefficient (Wildman–Crippen LogP) is 3.47. The molecule has 1 saturated heterocycles. The van der Waals surface area contributed by atoms with Gasteiger partial charge in [-0.1, -0.05) is 36.8 Å². The fourth-order valence-electron chi connectivity index (χ4n) is 5.21. The van der Waals surface area contributed by atoms with E-state index in [4.69, 9.17) is 9.47 Å². The highest BCUT2D eigenvalue weighted by Crippen LogP contribution is 2.35. The summed E-state index contributed by atoms with van der Waals surface area (Å²) in [6, 6.07) is 13.4. The second kappa shape index (κ2) is 12.0. The number of carbonyl (C=O) groups excluding carboxylic acids is 2. The smallest absolute Gasteiger partial charge is 0.262 e. The molecule has 0 N–H and O–H groups in total. The van der Waals surface area contributed by atoms with Crippen molar-refractivity contribution in [1.29, 1.82) is 0 Å². The van der Waals surface area contributed by atoms with Gasteiger partial charge in [0.05, 0.1) is 32.1 Å². The zero-order valence-corrected chi connectivity index (χ0v) is 21.9. The number of methoxy groups -OCH3 is 1. The number of ether oxygens (including phenoxy) is 2. The lowest BCUT2D eigenvalue weighted by molar-refractivity contribution is -0.145. The Balaban J connectivity index is 1.38. The topological polar surface area (TPSA) is 74.7 Å². The van der Waals surface area contributed by atoms with Crippen molar-refractivity contribution in [3.05, 3.63) is 65.5 Å². The van der Waals surface area contributed by atoms with Crippen LogP contribution in [-0.4, -0.2) is 85.4 Å². The van der Waals surface area contributed by atoms with E-state index in [1.807, 2.05) is 24.3 Å². The first kappa shape index (κ1) is 26.3. The highest BCUT2D eigenvalue weighted by molar-refractivity contribution is 6.03. The van der Waals surface area contributed by atoms with Crippen LogP contribution in [0.1, 0.15) is 42.9 Å². The molecule has 2 amide bonds. The SMILES string of the molecule is COc1cccc(C2=NN(C(=O)CN(CCN3CCOCC3)C(=O)C3CCC3)[C@@H](c3ccccc3F)C2)c1. The van der Waals surface area contributed by atoms with E-state index in [2.05, 4.69) is 10.0 Å². The third-order valence-electron chi connectivity index (χ3n) is 7.72. The van der Waals surface area contributed by atoms with Crippen molar-refractivity contribution in [1.82, 2.24) is 14.8 Å². The molecular formula is C29H35FN4O4. The van der Waals surface area contributed by atoms with E-state index in [1.165, 1.54) is 11.1 Å². The summed E-state index contributed by atoms with van der Waals surface area (Å²) in [6.45, 7) is 4.05. The molecule has 0 aromatic heterocycles. The first-order valence-electron chi connectivity index (χ1n) is 13.4. The van der Waals surface area contributed by atoms with E-state index in [0.29, 0.717) is 49.7 Å². The molecule has 2 aromatic rings. The number of hydrogen-bond donors (Lipinski definition) is 0. The van der Waals surface area contributed by atoms with Gasteiger partial charge in [0.2, 0.25) is 5.91 Å². The molecule has 2 fully saturated rings. The standard InChI is InChI=1S/C29H35FN4O4/c1-37-23-9-5-8-22(18-23)26-19-27(24-10-2-3-11-25(24)30)34(31-26)28(35)20-33(29(36)21-6-4-7-21)13-12-32-14-16-38-17-15-32/h2-3,5,8-11,18,21,27H,4,6-7,12-17,19-20H2,1H3/t27-/m1/s1. The highest BCUT2D eigenvalue weighted by atomic mass is 19.1. The highest BCUT2D eigenvalue weighted by Gasteiger charge is 2.37. The Morgan fingerprint density at radius 3 is 2.63 bits per heavy atom. The molecule has 9 heteroatoms. The molecule has 2 aliphatic heterocycles. The van der Waals surface area contributed by atoms with Gasteiger partial charge in [-0.15, -0.1) is 0 Å². The zero-order valence-electron chi connectivity index (χ0n) is 21.9. The summed E-state index contributed by atoms with van der Waals surface area (Å²) in [7, 11) is 1.60. The molecule has 1 atom stereocenters. The number of benzene rings is 2. The van der Waals surface area contributed by atoms with Crippen LogP contribution in [0.2, 0.25) is 0 Å². The van der Waals surface area contributed by atoms with E-state index < -0.39 is 6.04 Å². The van der Waals surface area contributed by atoms with Crippen LogP contribution in [-0.2, 0) is 14.3 Å². The maximum Gasteiger partial charge on any atom is 0.262 e. The van der Waals surface area contributed by atoms with Gasteiger partial charge < -0.3 is 14.4 Å². The molecule has 202 valence electrons. The number of rotatable bonds is 9. The van der Waals surface area contributed by atoms with Crippen molar-refractivity contribution in [3.63, 3.8) is 0 Å². The van der Waals surface area contributed by atoms with Crippen LogP contribution in [0.3, 0.4) is 0 Å². The van der Waals surface area contributed by atoms with Gasteiger partial charge in [-0.2, -0.15) is 5.10 Å². The molecule has 0 unspecified atom stereocenters. The maximum atomic E-state index is 14.9. The monoisotopic (exact) mass is 522 g/mol. The Morgan fingerprint density at radius 1 is 1.13 bits per heavy atom. The lowest BCUT2D eigenvalue weighted by Gasteiger charge is -2.34. The summed E-state index contributed by atoms with van der Waals surface area (Å²) < 4.78 is 25.7. The third-order valence-corrected chi connectivity index (χ3v) is 7.72. The molecule has 8 nitrogen and oxygen atoms in total. The van der Waals surface area contributed by atoms with Crippen molar-refractivity contribution < 1.29 is 23.5 Å². The Kier molecular flexibility index (Phi) is 8.34. The van der Waals surface area contributed by atoms with Gasteiger partial charge in [-0.25, -0.2) is 9.40 Å². The fraction of sp³-hybridized carbons (Fsp3) is 0.483. The molecule has 2 heterocycles. The normalized spacial score (nSPS) is 20.1. The van der Waals surface area contributed by atoms with Gasteiger partial charge in [0.15, 0.2) is 0 Å². The van der Waals surface area contributed by atoms with Gasteiger partial charge in [0.1, 0.15) is 18.1 Å². The molecule has 2 aromatic carbocycles. The number of hydrazone groups is 1. The van der Waals surface area contributed by atoms with Crippen molar-refractivity contribution in [2.45, 2.75) is 31.7 Å². The van der Waals surface area contributed by atoms with Crippen LogP contribution in [0.15, 0.2) is 53.6 Å². The summed E-state index contributed by atoms with van der Waals surface area (Å²) in [5, 5.41) is 6.07. The van der Waals surface area contributed by atoms with E-state index in [9.17, 15) is 14.0 Å². The maximum absolute atomic E-state index is 14.9. The molecule has 3 aliphatic rings. The van der Waals surface area contributed by atoms with E-state index in [-0.39, 0.29) is 30.1 Å². The number of hydrogen-bond acceptors (Lipinski definition) is 6. The molecule has 0 spiro atoms. The van der Waals surface area contributed by atoms with Gasteiger partial charge in [0.25, 0.3) is 5.91 Å². The van der Waals surface area contributed by atoms with E-state index >= 15 is 0 Å². The first-order valence-corrected chi connectivity index (χ1v) is 13.4. The summed E-state index contributed by atoms with van der Waals surface area (Å²) in [6.07, 6.45) is 3.13. The van der Waals surface area contributed by atoms with E-state index in [1.54, 1.807) is 30.2 Å². The summed E-state index contributed by atoms with van der Waals surface area (Å²) in [5.41, 5.74) is 1.90. The minimum absolute atomic E-state index is 0.0238. The lowest BCUT2D eigenvalue weighted by Crippen LogP contribution is -2.49. The number of morpholine rings is 1.